The number of pyridine rings is 1. The predicted octanol–water partition coefficient (Wildman–Crippen LogP) is 3.02. The third kappa shape index (κ3) is 3.44. The van der Waals surface area contributed by atoms with Crippen LogP contribution in [-0.4, -0.2) is 15.6 Å². The summed E-state index contributed by atoms with van der Waals surface area (Å²) in [4.78, 5) is 22.3. The molecule has 0 aliphatic rings. The Kier molecular flexibility index (Phi) is 4.37. The number of fused-ring (bicyclic) bond motifs is 1. The number of hydrogen-bond acceptors (Lipinski definition) is 2. The average Bonchev–Trinajstić information content (AvgIpc) is 2.36. The molecule has 0 spiro atoms. The molecule has 1 aromatic carbocycles. The van der Waals surface area contributed by atoms with Crippen molar-refractivity contribution in [2.24, 2.45) is 0 Å². The monoisotopic (exact) mass is 323 g/mol. The van der Waals surface area contributed by atoms with E-state index in [1.54, 1.807) is 16.7 Å². The van der Waals surface area contributed by atoms with Crippen molar-refractivity contribution < 1.29 is 9.90 Å². The van der Waals surface area contributed by atoms with Gasteiger partial charge >= 0.3 is 5.97 Å². The Morgan fingerprint density at radius 2 is 2.00 bits per heavy atom. The summed E-state index contributed by atoms with van der Waals surface area (Å²) in [6.45, 7) is 0.547. The van der Waals surface area contributed by atoms with Crippen LogP contribution in [0.1, 0.15) is 19.3 Å². The first kappa shape index (κ1) is 13.8. The maximum absolute atomic E-state index is 11.9. The Morgan fingerprint density at radius 1 is 1.21 bits per heavy atom. The van der Waals surface area contributed by atoms with Crippen molar-refractivity contribution in [3.8, 4) is 0 Å². The number of carbonyl (C=O) groups is 1. The van der Waals surface area contributed by atoms with Crippen LogP contribution < -0.4 is 5.56 Å². The summed E-state index contributed by atoms with van der Waals surface area (Å²) in [6.07, 6.45) is 1.40. The van der Waals surface area contributed by atoms with Crippen molar-refractivity contribution in [3.63, 3.8) is 0 Å². The van der Waals surface area contributed by atoms with Gasteiger partial charge in [-0.1, -0.05) is 15.9 Å². The van der Waals surface area contributed by atoms with Crippen LogP contribution in [0.3, 0.4) is 0 Å². The van der Waals surface area contributed by atoms with Crippen molar-refractivity contribution in [2.75, 3.05) is 0 Å². The largest absolute Gasteiger partial charge is 0.481 e. The van der Waals surface area contributed by atoms with E-state index in [9.17, 15) is 9.59 Å². The SMILES string of the molecule is O=C(O)CCCCn1c(=O)ccc2cc(Br)ccc21. The lowest BCUT2D eigenvalue weighted by Crippen LogP contribution is -2.19. The number of hydrogen-bond donors (Lipinski definition) is 1. The second kappa shape index (κ2) is 6.02. The Labute approximate surface area is 118 Å². The number of halogens is 1. The van der Waals surface area contributed by atoms with Crippen molar-refractivity contribution in [1.29, 1.82) is 0 Å². The quantitative estimate of drug-likeness (QED) is 0.860. The molecule has 5 heteroatoms. The van der Waals surface area contributed by atoms with Crippen LogP contribution in [0, 0.1) is 0 Å². The van der Waals surface area contributed by atoms with Gasteiger partial charge in [-0.3, -0.25) is 9.59 Å². The molecule has 1 aromatic heterocycles. The maximum atomic E-state index is 11.9. The normalized spacial score (nSPS) is 10.8. The van der Waals surface area contributed by atoms with E-state index >= 15 is 0 Å². The highest BCUT2D eigenvalue weighted by Gasteiger charge is 2.04. The van der Waals surface area contributed by atoms with Gasteiger partial charge in [0.05, 0.1) is 5.52 Å². The molecule has 0 saturated heterocycles. The van der Waals surface area contributed by atoms with Crippen LogP contribution >= 0.6 is 15.9 Å². The number of rotatable bonds is 5. The minimum Gasteiger partial charge on any atom is -0.481 e. The molecule has 2 rings (SSSR count). The van der Waals surface area contributed by atoms with Gasteiger partial charge in [0.2, 0.25) is 0 Å². The van der Waals surface area contributed by atoms with Crippen LogP contribution in [0.15, 0.2) is 39.6 Å². The van der Waals surface area contributed by atoms with Crippen molar-refractivity contribution in [1.82, 2.24) is 4.57 Å². The second-order valence-corrected chi connectivity index (χ2v) is 5.29. The lowest BCUT2D eigenvalue weighted by Gasteiger charge is -2.09. The van der Waals surface area contributed by atoms with Crippen LogP contribution in [0.4, 0.5) is 0 Å². The van der Waals surface area contributed by atoms with Gasteiger partial charge in [-0.2, -0.15) is 0 Å². The molecule has 1 heterocycles. The van der Waals surface area contributed by atoms with Gasteiger partial charge < -0.3 is 9.67 Å². The molecular weight excluding hydrogens is 310 g/mol. The van der Waals surface area contributed by atoms with Crippen LogP contribution in [0.25, 0.3) is 10.9 Å². The van der Waals surface area contributed by atoms with Crippen molar-refractivity contribution in [3.05, 3.63) is 45.2 Å². The lowest BCUT2D eigenvalue weighted by molar-refractivity contribution is -0.137. The van der Waals surface area contributed by atoms with Gasteiger partial charge in [0.1, 0.15) is 0 Å². The molecule has 4 nitrogen and oxygen atoms in total. The Hall–Kier alpha value is -1.62. The topological polar surface area (TPSA) is 59.3 Å². The van der Waals surface area contributed by atoms with Gasteiger partial charge in [0, 0.05) is 23.5 Å². The number of carboxylic acids is 1. The van der Waals surface area contributed by atoms with E-state index in [1.807, 2.05) is 18.2 Å². The predicted molar refractivity (Wildman–Crippen MR) is 77.4 cm³/mol. The van der Waals surface area contributed by atoms with Gasteiger partial charge in [-0.15, -0.1) is 0 Å². The molecule has 0 saturated carbocycles. The Morgan fingerprint density at radius 3 is 2.74 bits per heavy atom. The number of unbranched alkanes of at least 4 members (excludes halogenated alkanes) is 1. The highest BCUT2D eigenvalue weighted by atomic mass is 79.9. The zero-order valence-corrected chi connectivity index (χ0v) is 11.9. The first-order valence-electron chi connectivity index (χ1n) is 6.09. The molecule has 0 bridgehead atoms. The van der Waals surface area contributed by atoms with Gasteiger partial charge in [0.15, 0.2) is 0 Å². The number of benzene rings is 1. The smallest absolute Gasteiger partial charge is 0.303 e. The standard InChI is InChI=1S/C14H14BrNO3/c15-11-5-6-12-10(9-11)4-7-13(17)16(12)8-2-1-3-14(18)19/h4-7,9H,1-3,8H2,(H,18,19). The molecule has 1 N–H and O–H groups in total. The Bertz CT molecular complexity index is 663. The minimum absolute atomic E-state index is 0.0508. The van der Waals surface area contributed by atoms with Crippen LogP contribution in [0.2, 0.25) is 0 Å². The minimum atomic E-state index is -0.797. The summed E-state index contributed by atoms with van der Waals surface area (Å²) in [5.41, 5.74) is 0.830. The van der Waals surface area contributed by atoms with E-state index < -0.39 is 5.97 Å². The van der Waals surface area contributed by atoms with Crippen molar-refractivity contribution >= 4 is 32.8 Å². The maximum Gasteiger partial charge on any atom is 0.303 e. The number of aryl methyl sites for hydroxylation is 1. The van der Waals surface area contributed by atoms with Crippen LogP contribution in [0.5, 0.6) is 0 Å². The van der Waals surface area contributed by atoms with Crippen LogP contribution in [-0.2, 0) is 11.3 Å². The molecule has 100 valence electrons. The number of carboxylic acid groups (broad SMARTS) is 1. The molecule has 0 amide bonds. The third-order valence-electron chi connectivity index (χ3n) is 2.97. The molecular formula is C14H14BrNO3. The molecule has 0 fully saturated rings. The summed E-state index contributed by atoms with van der Waals surface area (Å²) in [5.74, 6) is -0.797. The first-order chi connectivity index (χ1) is 9.08. The third-order valence-corrected chi connectivity index (χ3v) is 3.47. The summed E-state index contributed by atoms with van der Waals surface area (Å²) in [6, 6.07) is 9.11. The fourth-order valence-corrected chi connectivity index (χ4v) is 2.43. The Balaban J connectivity index is 2.24. The van der Waals surface area contributed by atoms with Gasteiger partial charge in [0.25, 0.3) is 5.56 Å². The average molecular weight is 324 g/mol. The van der Waals surface area contributed by atoms with Gasteiger partial charge in [-0.25, -0.2) is 0 Å². The molecule has 0 aliphatic heterocycles. The summed E-state index contributed by atoms with van der Waals surface area (Å²) in [5, 5.41) is 9.59. The lowest BCUT2D eigenvalue weighted by atomic mass is 10.2. The molecule has 0 radical (unpaired) electrons. The van der Waals surface area contributed by atoms with E-state index in [4.69, 9.17) is 5.11 Å². The highest BCUT2D eigenvalue weighted by Crippen LogP contribution is 2.18. The van der Waals surface area contributed by atoms with Crippen molar-refractivity contribution in [2.45, 2.75) is 25.8 Å². The summed E-state index contributed by atoms with van der Waals surface area (Å²) >= 11 is 3.40. The fraction of sp³-hybridized carbons (Fsp3) is 0.286. The zero-order valence-electron chi connectivity index (χ0n) is 10.3. The zero-order chi connectivity index (χ0) is 13.8. The molecule has 0 atom stereocenters. The van der Waals surface area contributed by atoms with E-state index in [1.165, 1.54) is 0 Å². The molecule has 2 aromatic rings. The van der Waals surface area contributed by atoms with E-state index in [0.717, 1.165) is 15.4 Å². The van der Waals surface area contributed by atoms with E-state index in [0.29, 0.717) is 19.4 Å². The fourth-order valence-electron chi connectivity index (χ4n) is 2.05. The summed E-state index contributed by atoms with van der Waals surface area (Å²) in [7, 11) is 0. The first-order valence-corrected chi connectivity index (χ1v) is 6.88. The number of aromatic nitrogens is 1. The molecule has 0 aliphatic carbocycles. The molecule has 0 unspecified atom stereocenters. The van der Waals surface area contributed by atoms with E-state index in [2.05, 4.69) is 15.9 Å². The highest BCUT2D eigenvalue weighted by molar-refractivity contribution is 9.10. The van der Waals surface area contributed by atoms with Gasteiger partial charge in [-0.05, 0) is 42.5 Å². The number of nitrogens with zero attached hydrogens (tertiary/aromatic N) is 1. The van der Waals surface area contributed by atoms with E-state index in [-0.39, 0.29) is 12.0 Å². The number of aliphatic carboxylic acids is 1. The second-order valence-electron chi connectivity index (χ2n) is 4.38. The molecule has 19 heavy (non-hydrogen) atoms. The summed E-state index contributed by atoms with van der Waals surface area (Å²) < 4.78 is 2.67.